The zero-order chi connectivity index (χ0) is 17.8. The molecule has 3 nitrogen and oxygen atoms in total. The summed E-state index contributed by atoms with van der Waals surface area (Å²) in [5.74, 6) is 0.776. The van der Waals surface area contributed by atoms with E-state index in [1.165, 1.54) is 35.3 Å². The Bertz CT molecular complexity index is 758. The molecule has 134 valence electrons. The maximum absolute atomic E-state index is 2.63. The topological polar surface area (TPSA) is 11.4 Å². The molecule has 0 amide bonds. The van der Waals surface area contributed by atoms with E-state index in [9.17, 15) is 0 Å². The molecule has 1 aliphatic carbocycles. The highest BCUT2D eigenvalue weighted by atomic mass is 15.2. The highest BCUT2D eigenvalue weighted by Gasteiger charge is 2.34. The van der Waals surface area contributed by atoms with Gasteiger partial charge in [0.15, 0.2) is 0 Å². The average molecular weight is 338 g/mol. The van der Waals surface area contributed by atoms with E-state index in [0.717, 1.165) is 25.6 Å². The fourth-order valence-corrected chi connectivity index (χ4v) is 4.05. The number of nitrogens with zero attached hydrogens (tertiary/aromatic N) is 3. The van der Waals surface area contributed by atoms with Gasteiger partial charge in [0, 0.05) is 61.9 Å². The minimum absolute atomic E-state index is 0.239. The number of anilines is 1. The van der Waals surface area contributed by atoms with Gasteiger partial charge in [-0.25, -0.2) is 0 Å². The van der Waals surface area contributed by atoms with E-state index >= 15 is 0 Å². The van der Waals surface area contributed by atoms with Gasteiger partial charge >= 0.3 is 0 Å². The minimum Gasteiger partial charge on any atom is -0.378 e. The van der Waals surface area contributed by atoms with Crippen molar-refractivity contribution in [1.82, 2.24) is 9.47 Å². The number of hydrogen-bond acceptors (Lipinski definition) is 2. The lowest BCUT2D eigenvalue weighted by Crippen LogP contribution is -2.45. The molecule has 2 heterocycles. The standard InChI is InChI=1S/C22H31N3/c1-22(2,3)24-12-13-25-19(15-24)14-20(21(25)17-6-7-17)16-8-10-18(11-9-16)23(4)5/h8-11,14,17H,6-7,12-13,15H2,1-5H3. The maximum Gasteiger partial charge on any atom is 0.0393 e. The molecule has 0 N–H and O–H groups in total. The van der Waals surface area contributed by atoms with E-state index in [-0.39, 0.29) is 5.54 Å². The fourth-order valence-electron chi connectivity index (χ4n) is 4.05. The van der Waals surface area contributed by atoms with Gasteiger partial charge in [0.25, 0.3) is 0 Å². The number of fused-ring (bicyclic) bond motifs is 1. The van der Waals surface area contributed by atoms with Gasteiger partial charge in [-0.15, -0.1) is 0 Å². The molecular weight excluding hydrogens is 306 g/mol. The van der Waals surface area contributed by atoms with Crippen LogP contribution in [0.2, 0.25) is 0 Å². The molecule has 4 rings (SSSR count). The Morgan fingerprint density at radius 1 is 1.00 bits per heavy atom. The normalized spacial score (nSPS) is 18.3. The van der Waals surface area contributed by atoms with Crippen LogP contribution >= 0.6 is 0 Å². The summed E-state index contributed by atoms with van der Waals surface area (Å²) in [5, 5.41) is 0. The lowest BCUT2D eigenvalue weighted by atomic mass is 10.0. The quantitative estimate of drug-likeness (QED) is 0.803. The van der Waals surface area contributed by atoms with Gasteiger partial charge in [-0.1, -0.05) is 12.1 Å². The van der Waals surface area contributed by atoms with Crippen molar-refractivity contribution in [3.05, 3.63) is 41.7 Å². The summed E-state index contributed by atoms with van der Waals surface area (Å²) in [7, 11) is 4.20. The van der Waals surface area contributed by atoms with Crippen molar-refractivity contribution in [2.75, 3.05) is 25.5 Å². The molecule has 3 heteroatoms. The Labute approximate surface area is 152 Å². The number of aromatic nitrogens is 1. The smallest absolute Gasteiger partial charge is 0.0393 e. The van der Waals surface area contributed by atoms with Gasteiger partial charge in [-0.05, 0) is 63.3 Å². The molecule has 0 radical (unpaired) electrons. The van der Waals surface area contributed by atoms with Crippen LogP contribution in [0, 0.1) is 0 Å². The summed E-state index contributed by atoms with van der Waals surface area (Å²) in [6.45, 7) is 10.3. The summed E-state index contributed by atoms with van der Waals surface area (Å²) in [6.07, 6.45) is 2.71. The molecular formula is C22H31N3. The Hall–Kier alpha value is -1.74. The van der Waals surface area contributed by atoms with E-state index in [0.29, 0.717) is 0 Å². The van der Waals surface area contributed by atoms with Crippen LogP contribution < -0.4 is 4.90 Å². The van der Waals surface area contributed by atoms with Gasteiger partial charge in [-0.3, -0.25) is 4.90 Å². The third kappa shape index (κ3) is 3.10. The second-order valence-corrected chi connectivity index (χ2v) is 8.89. The van der Waals surface area contributed by atoms with Crippen LogP contribution in [0.3, 0.4) is 0 Å². The summed E-state index contributed by atoms with van der Waals surface area (Å²) < 4.78 is 2.63. The van der Waals surface area contributed by atoms with Crippen LogP contribution in [0.5, 0.6) is 0 Å². The van der Waals surface area contributed by atoms with Crippen LogP contribution in [-0.4, -0.2) is 35.6 Å². The molecule has 1 aromatic carbocycles. The number of rotatable bonds is 3. The van der Waals surface area contributed by atoms with Crippen molar-refractivity contribution < 1.29 is 0 Å². The first-order valence-corrected chi connectivity index (χ1v) is 9.59. The molecule has 0 bridgehead atoms. The highest BCUT2D eigenvalue weighted by molar-refractivity contribution is 5.71. The second kappa shape index (κ2) is 5.91. The lowest BCUT2D eigenvalue weighted by molar-refractivity contribution is 0.102. The molecule has 2 aromatic rings. The minimum atomic E-state index is 0.239. The highest BCUT2D eigenvalue weighted by Crippen LogP contribution is 2.47. The van der Waals surface area contributed by atoms with Crippen molar-refractivity contribution in [1.29, 1.82) is 0 Å². The molecule has 0 unspecified atom stereocenters. The van der Waals surface area contributed by atoms with Gasteiger partial charge in [0.2, 0.25) is 0 Å². The summed E-state index contributed by atoms with van der Waals surface area (Å²) >= 11 is 0. The van der Waals surface area contributed by atoms with Gasteiger partial charge in [-0.2, -0.15) is 0 Å². The van der Waals surface area contributed by atoms with Crippen molar-refractivity contribution in [3.8, 4) is 11.1 Å². The molecule has 1 aliphatic heterocycles. The summed E-state index contributed by atoms with van der Waals surface area (Å²) in [6, 6.07) is 11.5. The van der Waals surface area contributed by atoms with Crippen molar-refractivity contribution >= 4 is 5.69 Å². The predicted octanol–water partition coefficient (Wildman–Crippen LogP) is 4.71. The van der Waals surface area contributed by atoms with Crippen molar-refractivity contribution in [2.24, 2.45) is 0 Å². The zero-order valence-corrected chi connectivity index (χ0v) is 16.3. The zero-order valence-electron chi connectivity index (χ0n) is 16.3. The number of hydrogen-bond donors (Lipinski definition) is 0. The Balaban J connectivity index is 1.73. The van der Waals surface area contributed by atoms with Gasteiger partial charge < -0.3 is 9.47 Å². The molecule has 0 spiro atoms. The first-order chi connectivity index (χ1) is 11.8. The van der Waals surface area contributed by atoms with Crippen LogP contribution in [0.1, 0.15) is 50.9 Å². The van der Waals surface area contributed by atoms with E-state index < -0.39 is 0 Å². The molecule has 1 fully saturated rings. The van der Waals surface area contributed by atoms with Crippen LogP contribution in [0.15, 0.2) is 30.3 Å². The Morgan fingerprint density at radius 3 is 2.24 bits per heavy atom. The summed E-state index contributed by atoms with van der Waals surface area (Å²) in [4.78, 5) is 4.77. The molecule has 1 saturated carbocycles. The molecule has 0 saturated heterocycles. The first-order valence-electron chi connectivity index (χ1n) is 9.59. The predicted molar refractivity (Wildman–Crippen MR) is 106 cm³/mol. The Kier molecular flexibility index (Phi) is 3.95. The summed E-state index contributed by atoms with van der Waals surface area (Å²) in [5.41, 5.74) is 7.44. The number of benzene rings is 1. The molecule has 1 aromatic heterocycles. The first kappa shape index (κ1) is 16.7. The third-order valence-corrected chi connectivity index (χ3v) is 5.78. The van der Waals surface area contributed by atoms with Crippen LogP contribution in [0.25, 0.3) is 11.1 Å². The van der Waals surface area contributed by atoms with E-state index in [2.05, 4.69) is 79.6 Å². The van der Waals surface area contributed by atoms with Crippen LogP contribution in [-0.2, 0) is 13.1 Å². The maximum atomic E-state index is 2.63. The Morgan fingerprint density at radius 2 is 1.68 bits per heavy atom. The van der Waals surface area contributed by atoms with E-state index in [4.69, 9.17) is 0 Å². The van der Waals surface area contributed by atoms with Gasteiger partial charge in [0.05, 0.1) is 0 Å². The monoisotopic (exact) mass is 337 g/mol. The largest absolute Gasteiger partial charge is 0.378 e. The van der Waals surface area contributed by atoms with E-state index in [1.54, 1.807) is 5.69 Å². The van der Waals surface area contributed by atoms with Crippen molar-refractivity contribution in [3.63, 3.8) is 0 Å². The fraction of sp³-hybridized carbons (Fsp3) is 0.545. The molecule has 0 atom stereocenters. The van der Waals surface area contributed by atoms with Crippen LogP contribution in [0.4, 0.5) is 5.69 Å². The van der Waals surface area contributed by atoms with Gasteiger partial charge in [0.1, 0.15) is 0 Å². The lowest BCUT2D eigenvalue weighted by Gasteiger charge is -2.39. The SMILES string of the molecule is CN(C)c1ccc(-c2cc3n(c2C2CC2)CCN(C(C)(C)C)C3)cc1. The molecule has 2 aliphatic rings. The average Bonchev–Trinajstić information content (AvgIpc) is 3.33. The van der Waals surface area contributed by atoms with Crippen molar-refractivity contribution in [2.45, 2.75) is 58.2 Å². The molecule has 25 heavy (non-hydrogen) atoms. The second-order valence-electron chi connectivity index (χ2n) is 8.89. The van der Waals surface area contributed by atoms with E-state index in [1.807, 2.05) is 0 Å². The third-order valence-electron chi connectivity index (χ3n) is 5.78.